The molecular formula is C14H16N2O2. The van der Waals surface area contributed by atoms with E-state index in [2.05, 4.69) is 0 Å². The van der Waals surface area contributed by atoms with Gasteiger partial charge in [-0.2, -0.15) is 0 Å². The van der Waals surface area contributed by atoms with E-state index < -0.39 is 0 Å². The first-order valence-corrected chi connectivity index (χ1v) is 6.52. The van der Waals surface area contributed by atoms with Crippen molar-refractivity contribution in [3.05, 3.63) is 35.9 Å². The number of nitrogens with two attached hydrogens (primary N) is 1. The number of carbonyl (C=O) groups is 1. The Kier molecular flexibility index (Phi) is 1.95. The Labute approximate surface area is 106 Å². The molecule has 0 amide bonds. The summed E-state index contributed by atoms with van der Waals surface area (Å²) in [6.07, 6.45) is 1.06. The number of carbonyl (C=O) groups excluding carboxylic acids is 1. The quantitative estimate of drug-likeness (QED) is 0.844. The molecule has 4 atom stereocenters. The molecule has 94 valence electrons. The highest BCUT2D eigenvalue weighted by molar-refractivity contribution is 5.89. The molecule has 0 spiro atoms. The lowest BCUT2D eigenvalue weighted by molar-refractivity contribution is -0.109. The maximum Gasteiger partial charge on any atom is 0.357 e. The van der Waals surface area contributed by atoms with Crippen molar-refractivity contribution in [2.75, 3.05) is 13.1 Å². The molecule has 18 heavy (non-hydrogen) atoms. The first kappa shape index (κ1) is 10.5. The third kappa shape index (κ3) is 1.30. The first-order valence-electron chi connectivity index (χ1n) is 6.52. The van der Waals surface area contributed by atoms with Gasteiger partial charge in [0, 0.05) is 18.6 Å². The van der Waals surface area contributed by atoms with Crippen molar-refractivity contribution in [3.63, 3.8) is 0 Å². The van der Waals surface area contributed by atoms with Crippen LogP contribution < -0.4 is 5.73 Å². The van der Waals surface area contributed by atoms with E-state index in [1.54, 1.807) is 17.2 Å². The van der Waals surface area contributed by atoms with E-state index in [1.165, 1.54) is 0 Å². The van der Waals surface area contributed by atoms with Crippen molar-refractivity contribution in [1.82, 2.24) is 5.06 Å². The monoisotopic (exact) mass is 244 g/mol. The number of hydroxylamine groups is 2. The van der Waals surface area contributed by atoms with Crippen LogP contribution in [-0.2, 0) is 4.84 Å². The van der Waals surface area contributed by atoms with E-state index in [4.69, 9.17) is 10.6 Å². The van der Waals surface area contributed by atoms with Gasteiger partial charge in [-0.25, -0.2) is 4.79 Å². The highest BCUT2D eigenvalue weighted by Gasteiger charge is 2.84. The van der Waals surface area contributed by atoms with Crippen LogP contribution in [0.25, 0.3) is 0 Å². The second-order valence-corrected chi connectivity index (χ2v) is 5.66. The molecule has 2 N–H and O–H groups in total. The smallest absolute Gasteiger partial charge is 0.357 e. The van der Waals surface area contributed by atoms with Crippen molar-refractivity contribution in [2.45, 2.75) is 12.0 Å². The number of nitrogens with zero attached hydrogens (tertiary/aromatic N) is 1. The van der Waals surface area contributed by atoms with E-state index in [1.807, 2.05) is 18.2 Å². The second kappa shape index (κ2) is 3.33. The normalized spacial score (nSPS) is 40.6. The van der Waals surface area contributed by atoms with E-state index >= 15 is 0 Å². The maximum absolute atomic E-state index is 11.9. The molecular weight excluding hydrogens is 228 g/mol. The molecule has 5 rings (SSSR count). The summed E-state index contributed by atoms with van der Waals surface area (Å²) in [7, 11) is 0. The van der Waals surface area contributed by atoms with Crippen molar-refractivity contribution in [2.24, 2.45) is 23.5 Å². The summed E-state index contributed by atoms with van der Waals surface area (Å²) in [5.74, 6) is 1.67. The van der Waals surface area contributed by atoms with Gasteiger partial charge in [-0.15, -0.1) is 5.06 Å². The highest BCUT2D eigenvalue weighted by atomic mass is 16.7. The Balaban J connectivity index is 1.42. The molecule has 4 nitrogen and oxygen atoms in total. The van der Waals surface area contributed by atoms with E-state index in [-0.39, 0.29) is 11.5 Å². The largest absolute Gasteiger partial charge is 0.364 e. The third-order valence-corrected chi connectivity index (χ3v) is 4.82. The second-order valence-electron chi connectivity index (χ2n) is 5.66. The molecule has 1 unspecified atom stereocenters. The predicted molar refractivity (Wildman–Crippen MR) is 65.4 cm³/mol. The number of rotatable bonds is 2. The van der Waals surface area contributed by atoms with Crippen LogP contribution in [0, 0.1) is 17.8 Å². The zero-order chi connectivity index (χ0) is 12.3. The van der Waals surface area contributed by atoms with Crippen LogP contribution in [0.4, 0.5) is 0 Å². The SMILES string of the molecule is N[C@@]12C3CN(OC(=O)c4ccccc4)CC[C@@H]1[C@H]32. The summed E-state index contributed by atoms with van der Waals surface area (Å²) in [5.41, 5.74) is 6.93. The minimum Gasteiger partial charge on any atom is -0.364 e. The Morgan fingerprint density at radius 1 is 1.33 bits per heavy atom. The van der Waals surface area contributed by atoms with Gasteiger partial charge >= 0.3 is 5.97 Å². The zero-order valence-corrected chi connectivity index (χ0v) is 10.1. The van der Waals surface area contributed by atoms with Crippen LogP contribution >= 0.6 is 0 Å². The number of hydrogen-bond acceptors (Lipinski definition) is 4. The summed E-state index contributed by atoms with van der Waals surface area (Å²) in [5, 5.41) is 1.80. The lowest BCUT2D eigenvalue weighted by atomic mass is 10.0. The van der Waals surface area contributed by atoms with Crippen LogP contribution in [0.1, 0.15) is 16.8 Å². The number of fused-ring (bicyclic) bond motifs is 3. The molecule has 4 heteroatoms. The minimum absolute atomic E-state index is 0.105. The van der Waals surface area contributed by atoms with Crippen LogP contribution in [0.5, 0.6) is 0 Å². The van der Waals surface area contributed by atoms with Gasteiger partial charge < -0.3 is 10.6 Å². The van der Waals surface area contributed by atoms with Gasteiger partial charge in [0.15, 0.2) is 0 Å². The first-order chi connectivity index (χ1) is 8.71. The van der Waals surface area contributed by atoms with Gasteiger partial charge in [0.2, 0.25) is 0 Å². The van der Waals surface area contributed by atoms with Crippen molar-refractivity contribution in [3.8, 4) is 0 Å². The molecule has 2 heterocycles. The lowest BCUT2D eigenvalue weighted by Crippen LogP contribution is -2.31. The summed E-state index contributed by atoms with van der Waals surface area (Å²) >= 11 is 0. The van der Waals surface area contributed by atoms with Gasteiger partial charge in [0.1, 0.15) is 0 Å². The van der Waals surface area contributed by atoms with Crippen LogP contribution in [-0.4, -0.2) is 29.7 Å². The highest BCUT2D eigenvalue weighted by Crippen LogP contribution is 2.76. The Bertz CT molecular complexity index is 498. The molecule has 1 aromatic carbocycles. The summed E-state index contributed by atoms with van der Waals surface area (Å²) in [6, 6.07) is 9.12. The molecule has 0 radical (unpaired) electrons. The third-order valence-electron chi connectivity index (χ3n) is 4.82. The predicted octanol–water partition coefficient (Wildman–Crippen LogP) is 1.04. The van der Waals surface area contributed by atoms with Gasteiger partial charge in [-0.05, 0) is 36.3 Å². The fourth-order valence-corrected chi connectivity index (χ4v) is 3.63. The average molecular weight is 244 g/mol. The molecule has 2 aliphatic heterocycles. The molecule has 2 saturated carbocycles. The van der Waals surface area contributed by atoms with E-state index in [0.717, 1.165) is 19.5 Å². The zero-order valence-electron chi connectivity index (χ0n) is 10.1. The summed E-state index contributed by atoms with van der Waals surface area (Å²) in [6.45, 7) is 1.62. The summed E-state index contributed by atoms with van der Waals surface area (Å²) in [4.78, 5) is 17.4. The number of benzene rings is 1. The Hall–Kier alpha value is -1.39. The van der Waals surface area contributed by atoms with Gasteiger partial charge in [-0.1, -0.05) is 18.2 Å². The Morgan fingerprint density at radius 2 is 2.06 bits per heavy atom. The van der Waals surface area contributed by atoms with Crippen LogP contribution in [0.15, 0.2) is 30.3 Å². The molecule has 0 aromatic heterocycles. The van der Waals surface area contributed by atoms with E-state index in [9.17, 15) is 4.79 Å². The minimum atomic E-state index is -0.268. The van der Waals surface area contributed by atoms with Gasteiger partial charge in [0.25, 0.3) is 0 Å². The molecule has 4 fully saturated rings. The standard InChI is InChI=1S/C14H16N2O2/c15-14-10-6-7-16(8-11(14)12(10)14)18-13(17)9-4-2-1-3-5-9/h1-5,10-12H,6-8,15H2/t10-,11?,12-,14-/m1/s1. The maximum atomic E-state index is 11.9. The molecule has 2 bridgehead atoms. The van der Waals surface area contributed by atoms with E-state index in [0.29, 0.717) is 23.3 Å². The van der Waals surface area contributed by atoms with Crippen LogP contribution in [0.2, 0.25) is 0 Å². The number of hydrogen-bond donors (Lipinski definition) is 1. The fourth-order valence-electron chi connectivity index (χ4n) is 3.63. The fraction of sp³-hybridized carbons (Fsp3) is 0.500. The van der Waals surface area contributed by atoms with Crippen molar-refractivity contribution < 1.29 is 9.63 Å². The molecule has 2 aliphatic carbocycles. The van der Waals surface area contributed by atoms with Gasteiger partial charge in [0.05, 0.1) is 5.56 Å². The Morgan fingerprint density at radius 3 is 2.78 bits per heavy atom. The van der Waals surface area contributed by atoms with Crippen molar-refractivity contribution >= 4 is 5.97 Å². The molecule has 1 aromatic rings. The lowest BCUT2D eigenvalue weighted by Gasteiger charge is -2.19. The summed E-state index contributed by atoms with van der Waals surface area (Å²) < 4.78 is 0. The molecule has 2 saturated heterocycles. The van der Waals surface area contributed by atoms with Crippen molar-refractivity contribution in [1.29, 1.82) is 0 Å². The average Bonchev–Trinajstić information content (AvgIpc) is 3.22. The topological polar surface area (TPSA) is 55.6 Å². The molecule has 4 aliphatic rings. The van der Waals surface area contributed by atoms with Crippen LogP contribution in [0.3, 0.4) is 0 Å². The van der Waals surface area contributed by atoms with Gasteiger partial charge in [-0.3, -0.25) is 0 Å².